The Labute approximate surface area is 247 Å². The molecule has 230 valence electrons. The lowest BCUT2D eigenvalue weighted by atomic mass is 9.92. The SMILES string of the molecule is COCCCOc1cc(C(=O)N(C(C)C)[C@@H]2C[C@H](COC(=O)NCCc3ccccc3)CN(C(=O)O)C2)ccc1OC. The summed E-state index contributed by atoms with van der Waals surface area (Å²) in [5.74, 6) is 0.437. The minimum atomic E-state index is -1.08. The third-order valence-electron chi connectivity index (χ3n) is 7.11. The maximum atomic E-state index is 13.8. The maximum Gasteiger partial charge on any atom is 0.407 e. The van der Waals surface area contributed by atoms with Gasteiger partial charge in [-0.05, 0) is 50.5 Å². The molecule has 2 aromatic rings. The monoisotopic (exact) mass is 585 g/mol. The Bertz CT molecular complexity index is 1160. The van der Waals surface area contributed by atoms with Gasteiger partial charge in [-0.2, -0.15) is 0 Å². The van der Waals surface area contributed by atoms with Gasteiger partial charge in [-0.25, -0.2) is 9.59 Å². The molecule has 0 unspecified atom stereocenters. The van der Waals surface area contributed by atoms with E-state index >= 15 is 0 Å². The van der Waals surface area contributed by atoms with Crippen molar-refractivity contribution in [3.63, 3.8) is 0 Å². The predicted molar refractivity (Wildman–Crippen MR) is 157 cm³/mol. The number of nitrogens with one attached hydrogen (secondary N) is 1. The van der Waals surface area contributed by atoms with Crippen LogP contribution in [0.25, 0.3) is 0 Å². The molecule has 0 aromatic heterocycles. The highest BCUT2D eigenvalue weighted by Gasteiger charge is 2.37. The summed E-state index contributed by atoms with van der Waals surface area (Å²) in [6.07, 6.45) is 0.205. The maximum absolute atomic E-state index is 13.8. The second kappa shape index (κ2) is 16.5. The summed E-state index contributed by atoms with van der Waals surface area (Å²) in [5, 5.41) is 12.6. The largest absolute Gasteiger partial charge is 0.493 e. The predicted octanol–water partition coefficient (Wildman–Crippen LogP) is 4.30. The van der Waals surface area contributed by atoms with Gasteiger partial charge in [0.2, 0.25) is 0 Å². The molecule has 1 saturated heterocycles. The summed E-state index contributed by atoms with van der Waals surface area (Å²) in [6, 6.07) is 14.2. The summed E-state index contributed by atoms with van der Waals surface area (Å²) in [5.41, 5.74) is 1.51. The highest BCUT2D eigenvalue weighted by molar-refractivity contribution is 5.95. The fourth-order valence-corrected chi connectivity index (χ4v) is 5.13. The minimum absolute atomic E-state index is 0.0412. The van der Waals surface area contributed by atoms with Crippen LogP contribution in [0.4, 0.5) is 9.59 Å². The third kappa shape index (κ3) is 9.54. The van der Waals surface area contributed by atoms with Crippen molar-refractivity contribution in [1.29, 1.82) is 0 Å². The molecule has 0 spiro atoms. The fraction of sp³-hybridized carbons (Fsp3) is 0.516. The number of amides is 3. The molecule has 2 aromatic carbocycles. The van der Waals surface area contributed by atoms with Crippen LogP contribution in [-0.2, 0) is 15.9 Å². The first-order valence-electron chi connectivity index (χ1n) is 14.3. The van der Waals surface area contributed by atoms with Gasteiger partial charge in [-0.3, -0.25) is 4.79 Å². The number of carbonyl (C=O) groups excluding carboxylic acids is 2. The summed E-state index contributed by atoms with van der Waals surface area (Å²) in [6.45, 7) is 5.58. The molecule has 0 saturated carbocycles. The first kappa shape index (κ1) is 32.5. The zero-order chi connectivity index (χ0) is 30.5. The van der Waals surface area contributed by atoms with Gasteiger partial charge in [-0.1, -0.05) is 30.3 Å². The van der Waals surface area contributed by atoms with Crippen LogP contribution in [-0.4, -0.2) is 98.8 Å². The van der Waals surface area contributed by atoms with E-state index in [1.807, 2.05) is 44.2 Å². The first-order chi connectivity index (χ1) is 20.2. The topological polar surface area (TPSA) is 127 Å². The molecule has 0 aliphatic carbocycles. The number of alkyl carbamates (subject to hydrolysis) is 1. The van der Waals surface area contributed by atoms with Gasteiger partial charge in [0.05, 0.1) is 26.4 Å². The Morgan fingerprint density at radius 1 is 1.05 bits per heavy atom. The standard InChI is InChI=1S/C31H43N3O8/c1-22(2)34(29(35)25-11-12-27(40-4)28(18-25)41-16-8-15-39-3)26-17-24(19-33(20-26)31(37)38)21-42-30(36)32-14-13-23-9-6-5-7-10-23/h5-7,9-12,18,22,24,26H,8,13-17,19-21H2,1-4H3,(H,32,36)(H,37,38)/t24-,26+/m0/s1. The summed E-state index contributed by atoms with van der Waals surface area (Å²) in [4.78, 5) is 41.2. The van der Waals surface area contributed by atoms with E-state index in [0.717, 1.165) is 5.56 Å². The van der Waals surface area contributed by atoms with Crippen LogP contribution < -0.4 is 14.8 Å². The van der Waals surface area contributed by atoms with Crippen molar-refractivity contribution in [3.8, 4) is 11.5 Å². The lowest BCUT2D eigenvalue weighted by Crippen LogP contribution is -2.56. The number of methoxy groups -OCH3 is 2. The molecule has 2 atom stereocenters. The van der Waals surface area contributed by atoms with Crippen molar-refractivity contribution in [1.82, 2.24) is 15.1 Å². The van der Waals surface area contributed by atoms with Crippen LogP contribution >= 0.6 is 0 Å². The van der Waals surface area contributed by atoms with Crippen LogP contribution in [0.15, 0.2) is 48.5 Å². The molecule has 42 heavy (non-hydrogen) atoms. The van der Waals surface area contributed by atoms with Gasteiger partial charge in [0.25, 0.3) is 5.91 Å². The van der Waals surface area contributed by atoms with Crippen molar-refractivity contribution < 1.29 is 38.4 Å². The van der Waals surface area contributed by atoms with Crippen LogP contribution in [0.2, 0.25) is 0 Å². The van der Waals surface area contributed by atoms with E-state index in [9.17, 15) is 19.5 Å². The van der Waals surface area contributed by atoms with Crippen LogP contribution in [0.1, 0.15) is 42.6 Å². The van der Waals surface area contributed by atoms with Crippen LogP contribution in [0.5, 0.6) is 11.5 Å². The molecule has 11 heteroatoms. The van der Waals surface area contributed by atoms with Gasteiger partial charge in [0.1, 0.15) is 0 Å². The molecule has 1 heterocycles. The van der Waals surface area contributed by atoms with Crippen LogP contribution in [0.3, 0.4) is 0 Å². The van der Waals surface area contributed by atoms with Crippen LogP contribution in [0, 0.1) is 5.92 Å². The zero-order valence-corrected chi connectivity index (χ0v) is 24.9. The number of benzene rings is 2. The number of rotatable bonds is 14. The first-order valence-corrected chi connectivity index (χ1v) is 14.3. The second-order valence-corrected chi connectivity index (χ2v) is 10.6. The lowest BCUT2D eigenvalue weighted by Gasteiger charge is -2.43. The van der Waals surface area contributed by atoms with Crippen molar-refractivity contribution in [3.05, 3.63) is 59.7 Å². The number of likely N-dealkylation sites (tertiary alicyclic amines) is 1. The molecule has 0 radical (unpaired) electrons. The molecule has 1 aliphatic heterocycles. The number of carboxylic acid groups (broad SMARTS) is 1. The molecule has 11 nitrogen and oxygen atoms in total. The molecule has 3 amide bonds. The van der Waals surface area contributed by atoms with Crippen molar-refractivity contribution in [2.24, 2.45) is 5.92 Å². The quantitative estimate of drug-likeness (QED) is 0.314. The van der Waals surface area contributed by atoms with E-state index in [1.54, 1.807) is 30.2 Å². The van der Waals surface area contributed by atoms with E-state index in [4.69, 9.17) is 18.9 Å². The third-order valence-corrected chi connectivity index (χ3v) is 7.11. The average molecular weight is 586 g/mol. The van der Waals surface area contributed by atoms with E-state index in [-0.39, 0.29) is 37.6 Å². The molecule has 1 fully saturated rings. The number of hydrogen-bond acceptors (Lipinski definition) is 7. The molecule has 1 aliphatic rings. The Morgan fingerprint density at radius 2 is 1.81 bits per heavy atom. The van der Waals surface area contributed by atoms with E-state index < -0.39 is 18.2 Å². The number of hydrogen-bond donors (Lipinski definition) is 2. The average Bonchev–Trinajstić information content (AvgIpc) is 2.98. The Hall–Kier alpha value is -3.99. The summed E-state index contributed by atoms with van der Waals surface area (Å²) < 4.78 is 21.8. The van der Waals surface area contributed by atoms with Gasteiger partial charge in [0, 0.05) is 57.3 Å². The number of ether oxygens (including phenoxy) is 4. The zero-order valence-electron chi connectivity index (χ0n) is 24.9. The minimum Gasteiger partial charge on any atom is -0.493 e. The number of piperidine rings is 1. The highest BCUT2D eigenvalue weighted by atomic mass is 16.5. The van der Waals surface area contributed by atoms with E-state index in [2.05, 4.69) is 5.32 Å². The van der Waals surface area contributed by atoms with Gasteiger partial charge < -0.3 is 39.2 Å². The number of nitrogens with zero attached hydrogens (tertiary/aromatic N) is 2. The molecule has 0 bridgehead atoms. The second-order valence-electron chi connectivity index (χ2n) is 10.6. The summed E-state index contributed by atoms with van der Waals surface area (Å²) in [7, 11) is 3.16. The fourth-order valence-electron chi connectivity index (χ4n) is 5.13. The smallest absolute Gasteiger partial charge is 0.407 e. The Balaban J connectivity index is 1.67. The number of carbonyl (C=O) groups is 3. The molecule has 3 rings (SSSR count). The Morgan fingerprint density at radius 3 is 2.48 bits per heavy atom. The van der Waals surface area contributed by atoms with Gasteiger partial charge >= 0.3 is 12.2 Å². The van der Waals surface area contributed by atoms with Gasteiger partial charge in [0.15, 0.2) is 11.5 Å². The van der Waals surface area contributed by atoms with E-state index in [1.165, 1.54) is 12.0 Å². The van der Waals surface area contributed by atoms with E-state index in [0.29, 0.717) is 56.1 Å². The lowest BCUT2D eigenvalue weighted by molar-refractivity contribution is 0.0235. The highest BCUT2D eigenvalue weighted by Crippen LogP contribution is 2.31. The normalized spacial score (nSPS) is 16.5. The molecular weight excluding hydrogens is 542 g/mol. The Kier molecular flexibility index (Phi) is 12.7. The molecular formula is C31H43N3O8. The van der Waals surface area contributed by atoms with Crippen molar-refractivity contribution in [2.45, 2.75) is 45.2 Å². The summed E-state index contributed by atoms with van der Waals surface area (Å²) >= 11 is 0. The molecule has 2 N–H and O–H groups in total. The van der Waals surface area contributed by atoms with Gasteiger partial charge in [-0.15, -0.1) is 0 Å². The van der Waals surface area contributed by atoms with Crippen molar-refractivity contribution >= 4 is 18.1 Å². The van der Waals surface area contributed by atoms with Crippen molar-refractivity contribution in [2.75, 3.05) is 53.7 Å².